The lowest BCUT2D eigenvalue weighted by molar-refractivity contribution is -0.120. The van der Waals surface area contributed by atoms with Crippen LogP contribution in [0.4, 0.5) is 11.7 Å². The van der Waals surface area contributed by atoms with E-state index in [-0.39, 0.29) is 11.8 Å². The molecule has 0 bridgehead atoms. The number of benzene rings is 2. The van der Waals surface area contributed by atoms with Crippen molar-refractivity contribution in [3.63, 3.8) is 0 Å². The molecule has 0 saturated carbocycles. The molecule has 1 amide bonds. The van der Waals surface area contributed by atoms with Crippen LogP contribution in [0.25, 0.3) is 11.4 Å². The number of anilines is 2. The minimum absolute atomic E-state index is 0.114. The molecule has 0 aliphatic carbocycles. The number of aromatic nitrogens is 2. The standard InChI is InChI=1S/C22H21N5O3/c1-29-18-10-8-15(9-11-18)20-25-22(30-26-20)27-12-4-6-17(14-27)21(28)24-19-7-3-2-5-16(19)13-23/h2-3,5,7-11,17H,4,6,12,14H2,1H3,(H,24,28)/t17-/m0/s1. The fourth-order valence-electron chi connectivity index (χ4n) is 3.49. The highest BCUT2D eigenvalue weighted by Crippen LogP contribution is 2.26. The second-order valence-electron chi connectivity index (χ2n) is 7.06. The largest absolute Gasteiger partial charge is 0.497 e. The van der Waals surface area contributed by atoms with Gasteiger partial charge < -0.3 is 19.5 Å². The van der Waals surface area contributed by atoms with Gasteiger partial charge in [0.15, 0.2) is 0 Å². The molecule has 2 heterocycles. The van der Waals surface area contributed by atoms with Crippen molar-refractivity contribution in [2.75, 3.05) is 30.4 Å². The summed E-state index contributed by atoms with van der Waals surface area (Å²) in [6.45, 7) is 1.22. The lowest BCUT2D eigenvalue weighted by Gasteiger charge is -2.30. The Morgan fingerprint density at radius 1 is 1.27 bits per heavy atom. The van der Waals surface area contributed by atoms with Gasteiger partial charge in [0.25, 0.3) is 0 Å². The Kier molecular flexibility index (Phi) is 5.61. The third-order valence-corrected chi connectivity index (χ3v) is 5.13. The van der Waals surface area contributed by atoms with Crippen molar-refractivity contribution in [3.8, 4) is 23.2 Å². The molecule has 0 unspecified atom stereocenters. The molecule has 1 aromatic heterocycles. The van der Waals surface area contributed by atoms with Crippen molar-refractivity contribution >= 4 is 17.6 Å². The zero-order valence-corrected chi connectivity index (χ0v) is 16.5. The van der Waals surface area contributed by atoms with Gasteiger partial charge in [-0.1, -0.05) is 17.3 Å². The smallest absolute Gasteiger partial charge is 0.324 e. The zero-order valence-electron chi connectivity index (χ0n) is 16.5. The summed E-state index contributed by atoms with van der Waals surface area (Å²) >= 11 is 0. The van der Waals surface area contributed by atoms with Crippen molar-refractivity contribution in [1.82, 2.24) is 10.1 Å². The number of amides is 1. The number of piperidine rings is 1. The van der Waals surface area contributed by atoms with E-state index in [0.717, 1.165) is 30.7 Å². The number of carbonyl (C=O) groups is 1. The molecule has 1 fully saturated rings. The maximum absolute atomic E-state index is 12.8. The quantitative estimate of drug-likeness (QED) is 0.695. The van der Waals surface area contributed by atoms with E-state index < -0.39 is 0 Å². The first-order chi connectivity index (χ1) is 14.7. The molecule has 3 aromatic rings. The summed E-state index contributed by atoms with van der Waals surface area (Å²) in [7, 11) is 1.61. The second kappa shape index (κ2) is 8.66. The molecule has 1 saturated heterocycles. The van der Waals surface area contributed by atoms with Crippen LogP contribution in [0.2, 0.25) is 0 Å². The molecule has 8 nitrogen and oxygen atoms in total. The Morgan fingerprint density at radius 3 is 2.83 bits per heavy atom. The van der Waals surface area contributed by atoms with Gasteiger partial charge in [0.05, 0.1) is 24.3 Å². The number of hydrogen-bond acceptors (Lipinski definition) is 7. The van der Waals surface area contributed by atoms with E-state index in [4.69, 9.17) is 9.26 Å². The normalized spacial score (nSPS) is 16.0. The number of para-hydroxylation sites is 1. The van der Waals surface area contributed by atoms with Crippen LogP contribution in [0.5, 0.6) is 5.75 Å². The summed E-state index contributed by atoms with van der Waals surface area (Å²) in [5.74, 6) is 0.895. The summed E-state index contributed by atoms with van der Waals surface area (Å²) in [5.41, 5.74) is 1.80. The van der Waals surface area contributed by atoms with Crippen LogP contribution in [0.3, 0.4) is 0 Å². The molecule has 2 aromatic carbocycles. The van der Waals surface area contributed by atoms with Crippen molar-refractivity contribution in [2.24, 2.45) is 5.92 Å². The average molecular weight is 403 g/mol. The van der Waals surface area contributed by atoms with E-state index in [1.807, 2.05) is 29.2 Å². The van der Waals surface area contributed by atoms with E-state index >= 15 is 0 Å². The summed E-state index contributed by atoms with van der Waals surface area (Å²) in [6.07, 6.45) is 1.59. The van der Waals surface area contributed by atoms with Crippen LogP contribution in [0.1, 0.15) is 18.4 Å². The second-order valence-corrected chi connectivity index (χ2v) is 7.06. The number of ether oxygens (including phenoxy) is 1. The van der Waals surface area contributed by atoms with Crippen LogP contribution in [0.15, 0.2) is 53.1 Å². The Hall–Kier alpha value is -3.86. The van der Waals surface area contributed by atoms with Crippen LogP contribution in [0, 0.1) is 17.2 Å². The first kappa shape index (κ1) is 19.5. The molecule has 1 aliphatic rings. The van der Waals surface area contributed by atoms with Crippen molar-refractivity contribution in [2.45, 2.75) is 12.8 Å². The van der Waals surface area contributed by atoms with Gasteiger partial charge in [-0.3, -0.25) is 4.79 Å². The van der Waals surface area contributed by atoms with Crippen LogP contribution >= 0.6 is 0 Å². The first-order valence-corrected chi connectivity index (χ1v) is 9.71. The van der Waals surface area contributed by atoms with E-state index in [0.29, 0.717) is 29.6 Å². The number of methoxy groups -OCH3 is 1. The molecule has 0 radical (unpaired) electrons. The van der Waals surface area contributed by atoms with Crippen molar-refractivity contribution in [1.29, 1.82) is 5.26 Å². The zero-order chi connectivity index (χ0) is 20.9. The van der Waals surface area contributed by atoms with Crippen LogP contribution < -0.4 is 15.0 Å². The maximum atomic E-state index is 12.8. The molecule has 1 atom stereocenters. The molecule has 30 heavy (non-hydrogen) atoms. The average Bonchev–Trinajstić information content (AvgIpc) is 3.30. The van der Waals surface area contributed by atoms with E-state index in [1.54, 1.807) is 31.4 Å². The highest BCUT2D eigenvalue weighted by molar-refractivity contribution is 5.94. The topological polar surface area (TPSA) is 104 Å². The third kappa shape index (κ3) is 4.10. The molecule has 1 aliphatic heterocycles. The lowest BCUT2D eigenvalue weighted by atomic mass is 9.97. The fraction of sp³-hybridized carbons (Fsp3) is 0.273. The molecule has 1 N–H and O–H groups in total. The minimum Gasteiger partial charge on any atom is -0.497 e. The molecular weight excluding hydrogens is 382 g/mol. The predicted molar refractivity (Wildman–Crippen MR) is 111 cm³/mol. The number of nitrogens with one attached hydrogen (secondary N) is 1. The summed E-state index contributed by atoms with van der Waals surface area (Å²) in [5, 5.41) is 16.2. The van der Waals surface area contributed by atoms with Crippen molar-refractivity contribution in [3.05, 3.63) is 54.1 Å². The molecule has 0 spiro atoms. The van der Waals surface area contributed by atoms with Gasteiger partial charge in [-0.25, -0.2) is 0 Å². The van der Waals surface area contributed by atoms with E-state index in [2.05, 4.69) is 21.5 Å². The molecular formula is C22H21N5O3. The van der Waals surface area contributed by atoms with Crippen LogP contribution in [-0.2, 0) is 4.79 Å². The summed E-state index contributed by atoms with van der Waals surface area (Å²) in [6, 6.07) is 16.9. The highest BCUT2D eigenvalue weighted by atomic mass is 16.5. The maximum Gasteiger partial charge on any atom is 0.324 e. The van der Waals surface area contributed by atoms with Gasteiger partial charge >= 0.3 is 6.01 Å². The SMILES string of the molecule is COc1ccc(-c2noc(N3CCC[C@H](C(=O)Nc4ccccc4C#N)C3)n2)cc1. The predicted octanol–water partition coefficient (Wildman–Crippen LogP) is 3.47. The Labute approximate surface area is 174 Å². The van der Waals surface area contributed by atoms with Gasteiger partial charge in [-0.05, 0) is 49.2 Å². The number of carbonyl (C=O) groups excluding carboxylic acids is 1. The monoisotopic (exact) mass is 403 g/mol. The summed E-state index contributed by atoms with van der Waals surface area (Å²) < 4.78 is 10.6. The van der Waals surface area contributed by atoms with E-state index in [1.165, 1.54) is 0 Å². The molecule has 8 heteroatoms. The Morgan fingerprint density at radius 2 is 2.07 bits per heavy atom. The fourth-order valence-corrected chi connectivity index (χ4v) is 3.49. The first-order valence-electron chi connectivity index (χ1n) is 9.71. The van der Waals surface area contributed by atoms with Gasteiger partial charge in [-0.2, -0.15) is 10.2 Å². The van der Waals surface area contributed by atoms with Gasteiger partial charge in [0.1, 0.15) is 11.8 Å². The summed E-state index contributed by atoms with van der Waals surface area (Å²) in [4.78, 5) is 19.2. The van der Waals surface area contributed by atoms with Gasteiger partial charge in [-0.15, -0.1) is 0 Å². The highest BCUT2D eigenvalue weighted by Gasteiger charge is 2.29. The number of hydrogen-bond donors (Lipinski definition) is 1. The van der Waals surface area contributed by atoms with E-state index in [9.17, 15) is 10.1 Å². The minimum atomic E-state index is -0.234. The number of rotatable bonds is 5. The lowest BCUT2D eigenvalue weighted by Crippen LogP contribution is -2.41. The third-order valence-electron chi connectivity index (χ3n) is 5.13. The number of nitrogens with zero attached hydrogens (tertiary/aromatic N) is 4. The Balaban J connectivity index is 1.44. The van der Waals surface area contributed by atoms with Gasteiger partial charge in [0.2, 0.25) is 11.7 Å². The molecule has 152 valence electrons. The molecule has 4 rings (SSSR count). The number of nitriles is 1. The van der Waals surface area contributed by atoms with Crippen molar-refractivity contribution < 1.29 is 14.1 Å². The van der Waals surface area contributed by atoms with Crippen LogP contribution in [-0.4, -0.2) is 36.2 Å². The van der Waals surface area contributed by atoms with Gasteiger partial charge in [0, 0.05) is 18.7 Å². The Bertz CT molecular complexity index is 1070.